The number of H-pyrrole nitrogens is 1. The van der Waals surface area contributed by atoms with Crippen molar-refractivity contribution in [1.29, 1.82) is 0 Å². The van der Waals surface area contributed by atoms with Crippen LogP contribution in [0.1, 0.15) is 12.1 Å². The number of rotatable bonds is 5. The summed E-state index contributed by atoms with van der Waals surface area (Å²) >= 11 is 0. The zero-order valence-corrected chi connectivity index (χ0v) is 11.0. The summed E-state index contributed by atoms with van der Waals surface area (Å²) in [4.78, 5) is 14.7. The van der Waals surface area contributed by atoms with Crippen molar-refractivity contribution >= 4 is 11.0 Å². The van der Waals surface area contributed by atoms with Crippen molar-refractivity contribution in [2.24, 2.45) is 5.73 Å². The highest BCUT2D eigenvalue weighted by atomic mass is 16.1. The maximum atomic E-state index is 11.9. The van der Waals surface area contributed by atoms with Crippen molar-refractivity contribution in [3.63, 3.8) is 0 Å². The Balaban J connectivity index is 1.71. The maximum Gasteiger partial charge on any atom is 0.326 e. The van der Waals surface area contributed by atoms with Crippen molar-refractivity contribution in [2.45, 2.75) is 26.1 Å². The summed E-state index contributed by atoms with van der Waals surface area (Å²) in [6, 6.07) is 7.68. The van der Waals surface area contributed by atoms with Gasteiger partial charge in [-0.15, -0.1) is 5.10 Å². The van der Waals surface area contributed by atoms with Crippen LogP contribution < -0.4 is 11.4 Å². The van der Waals surface area contributed by atoms with Crippen molar-refractivity contribution in [3.8, 4) is 0 Å². The van der Waals surface area contributed by atoms with Gasteiger partial charge in [-0.3, -0.25) is 9.25 Å². The Morgan fingerprint density at radius 1 is 1.25 bits per heavy atom. The van der Waals surface area contributed by atoms with Crippen LogP contribution in [0.15, 0.2) is 35.3 Å². The third-order valence-electron chi connectivity index (χ3n) is 3.25. The predicted molar refractivity (Wildman–Crippen MR) is 75.1 cm³/mol. The normalized spacial score (nSPS) is 11.2. The SMILES string of the molecule is NCc1cn(CCCn2c(=O)[nH]c3ccccc32)nn1. The fraction of sp³-hybridized carbons (Fsp3) is 0.308. The second-order valence-electron chi connectivity index (χ2n) is 4.63. The van der Waals surface area contributed by atoms with Crippen molar-refractivity contribution in [3.05, 3.63) is 46.6 Å². The fourth-order valence-corrected chi connectivity index (χ4v) is 2.26. The minimum Gasteiger partial charge on any atom is -0.325 e. The van der Waals surface area contributed by atoms with E-state index in [4.69, 9.17) is 5.73 Å². The Morgan fingerprint density at radius 2 is 2.10 bits per heavy atom. The first-order valence-electron chi connectivity index (χ1n) is 6.54. The van der Waals surface area contributed by atoms with Crippen molar-refractivity contribution in [2.75, 3.05) is 0 Å². The Bertz CT molecular complexity index is 768. The van der Waals surface area contributed by atoms with Gasteiger partial charge in [0.1, 0.15) is 0 Å². The summed E-state index contributed by atoms with van der Waals surface area (Å²) < 4.78 is 3.50. The molecule has 0 bridgehead atoms. The zero-order chi connectivity index (χ0) is 13.9. The molecular formula is C13H16N6O. The van der Waals surface area contributed by atoms with Crippen LogP contribution in [-0.4, -0.2) is 24.5 Å². The topological polar surface area (TPSA) is 94.5 Å². The molecule has 0 aliphatic heterocycles. The number of benzene rings is 1. The van der Waals surface area contributed by atoms with Crippen LogP contribution in [0.5, 0.6) is 0 Å². The Hall–Kier alpha value is -2.41. The lowest BCUT2D eigenvalue weighted by molar-refractivity contribution is 0.514. The molecule has 20 heavy (non-hydrogen) atoms. The standard InChI is InChI=1S/C13H16N6O/c14-8-10-9-18(17-16-10)6-3-7-19-12-5-2-1-4-11(12)15-13(19)20/h1-2,4-5,9H,3,6-8,14H2,(H,15,20). The molecule has 0 radical (unpaired) electrons. The van der Waals surface area contributed by atoms with Crippen LogP contribution in [0.4, 0.5) is 0 Å². The molecule has 1 aromatic carbocycles. The summed E-state index contributed by atoms with van der Waals surface area (Å²) in [5, 5.41) is 7.91. The molecule has 0 amide bonds. The molecule has 0 spiro atoms. The smallest absolute Gasteiger partial charge is 0.325 e. The van der Waals surface area contributed by atoms with Gasteiger partial charge in [0.15, 0.2) is 0 Å². The molecule has 0 aliphatic rings. The first-order chi connectivity index (χ1) is 9.78. The van der Waals surface area contributed by atoms with Crippen LogP contribution >= 0.6 is 0 Å². The lowest BCUT2D eigenvalue weighted by atomic mass is 10.3. The summed E-state index contributed by atoms with van der Waals surface area (Å²) in [5.41, 5.74) is 7.98. The van der Waals surface area contributed by atoms with E-state index in [-0.39, 0.29) is 5.69 Å². The first kappa shape index (κ1) is 12.6. The van der Waals surface area contributed by atoms with Crippen LogP contribution in [-0.2, 0) is 19.6 Å². The van der Waals surface area contributed by atoms with E-state index in [0.717, 1.165) is 23.1 Å². The minimum atomic E-state index is -0.0764. The van der Waals surface area contributed by atoms with E-state index >= 15 is 0 Å². The van der Waals surface area contributed by atoms with Crippen LogP contribution in [0.25, 0.3) is 11.0 Å². The van der Waals surface area contributed by atoms with Gasteiger partial charge in [-0.25, -0.2) is 4.79 Å². The second kappa shape index (κ2) is 5.30. The quantitative estimate of drug-likeness (QED) is 0.706. The van der Waals surface area contributed by atoms with Gasteiger partial charge in [-0.2, -0.15) is 0 Å². The Morgan fingerprint density at radius 3 is 2.90 bits per heavy atom. The van der Waals surface area contributed by atoms with E-state index in [1.165, 1.54) is 0 Å². The number of aryl methyl sites for hydroxylation is 2. The predicted octanol–water partition coefficient (Wildman–Crippen LogP) is 0.470. The van der Waals surface area contributed by atoms with E-state index in [1.807, 2.05) is 30.5 Å². The summed E-state index contributed by atoms with van der Waals surface area (Å²) in [5.74, 6) is 0. The average molecular weight is 272 g/mol. The average Bonchev–Trinajstić information content (AvgIpc) is 3.04. The summed E-state index contributed by atoms with van der Waals surface area (Å²) in [7, 11) is 0. The van der Waals surface area contributed by atoms with E-state index in [0.29, 0.717) is 19.6 Å². The number of hydrogen-bond acceptors (Lipinski definition) is 4. The largest absolute Gasteiger partial charge is 0.326 e. The number of fused-ring (bicyclic) bond motifs is 1. The molecule has 2 heterocycles. The molecule has 7 nitrogen and oxygen atoms in total. The van der Waals surface area contributed by atoms with Crippen molar-refractivity contribution in [1.82, 2.24) is 24.5 Å². The van der Waals surface area contributed by atoms with Crippen LogP contribution in [0.3, 0.4) is 0 Å². The molecule has 0 aliphatic carbocycles. The number of hydrogen-bond donors (Lipinski definition) is 2. The number of nitrogens with zero attached hydrogens (tertiary/aromatic N) is 4. The molecule has 0 fully saturated rings. The number of nitrogens with one attached hydrogen (secondary N) is 1. The molecule has 104 valence electrons. The number of para-hydroxylation sites is 2. The molecule has 0 saturated carbocycles. The first-order valence-corrected chi connectivity index (χ1v) is 6.54. The molecule has 3 rings (SSSR count). The van der Waals surface area contributed by atoms with Gasteiger partial charge in [0.25, 0.3) is 0 Å². The van der Waals surface area contributed by atoms with Gasteiger partial charge < -0.3 is 10.7 Å². The second-order valence-corrected chi connectivity index (χ2v) is 4.63. The van der Waals surface area contributed by atoms with E-state index < -0.39 is 0 Å². The summed E-state index contributed by atoms with van der Waals surface area (Å²) in [6.45, 7) is 1.74. The van der Waals surface area contributed by atoms with Gasteiger partial charge in [0, 0.05) is 25.8 Å². The number of aromatic nitrogens is 5. The minimum absolute atomic E-state index is 0.0764. The van der Waals surface area contributed by atoms with Crippen molar-refractivity contribution < 1.29 is 0 Å². The highest BCUT2D eigenvalue weighted by Crippen LogP contribution is 2.09. The fourth-order valence-electron chi connectivity index (χ4n) is 2.26. The molecule has 7 heteroatoms. The monoisotopic (exact) mass is 272 g/mol. The molecule has 0 unspecified atom stereocenters. The zero-order valence-electron chi connectivity index (χ0n) is 11.0. The third-order valence-corrected chi connectivity index (χ3v) is 3.25. The molecular weight excluding hydrogens is 256 g/mol. The third kappa shape index (κ3) is 2.35. The van der Waals surface area contributed by atoms with Gasteiger partial charge >= 0.3 is 5.69 Å². The lowest BCUT2D eigenvalue weighted by Gasteiger charge is -2.03. The molecule has 0 saturated heterocycles. The highest BCUT2D eigenvalue weighted by molar-refractivity contribution is 5.74. The van der Waals surface area contributed by atoms with E-state index in [2.05, 4.69) is 15.3 Å². The van der Waals surface area contributed by atoms with Gasteiger partial charge in [-0.05, 0) is 18.6 Å². The molecule has 3 N–H and O–H groups in total. The Labute approximate surface area is 115 Å². The van der Waals surface area contributed by atoms with E-state index in [9.17, 15) is 4.79 Å². The molecule has 2 aromatic heterocycles. The van der Waals surface area contributed by atoms with Crippen LogP contribution in [0, 0.1) is 0 Å². The number of aromatic amines is 1. The maximum absolute atomic E-state index is 11.9. The molecule has 0 atom stereocenters. The van der Waals surface area contributed by atoms with E-state index in [1.54, 1.807) is 9.25 Å². The van der Waals surface area contributed by atoms with Gasteiger partial charge in [-0.1, -0.05) is 17.3 Å². The Kier molecular flexibility index (Phi) is 3.34. The highest BCUT2D eigenvalue weighted by Gasteiger charge is 2.05. The van der Waals surface area contributed by atoms with Gasteiger partial charge in [0.2, 0.25) is 0 Å². The molecule has 3 aromatic rings. The summed E-state index contributed by atoms with van der Waals surface area (Å²) in [6.07, 6.45) is 2.63. The number of imidazole rings is 1. The van der Waals surface area contributed by atoms with Crippen LogP contribution in [0.2, 0.25) is 0 Å². The lowest BCUT2D eigenvalue weighted by Crippen LogP contribution is -2.17. The number of nitrogens with two attached hydrogens (primary N) is 1. The van der Waals surface area contributed by atoms with Gasteiger partial charge in [0.05, 0.1) is 16.7 Å².